The molecule has 0 spiro atoms. The van der Waals surface area contributed by atoms with Gasteiger partial charge in [-0.2, -0.15) is 0 Å². The molecule has 3 heteroatoms. The van der Waals surface area contributed by atoms with Crippen LogP contribution in [-0.2, 0) is 4.79 Å². The molecule has 1 saturated heterocycles. The Labute approximate surface area is 102 Å². The van der Waals surface area contributed by atoms with Gasteiger partial charge in [-0.25, -0.2) is 0 Å². The Morgan fingerprint density at radius 3 is 2.47 bits per heavy atom. The van der Waals surface area contributed by atoms with Crippen LogP contribution in [0.25, 0.3) is 0 Å². The van der Waals surface area contributed by atoms with Crippen LogP contribution in [0.1, 0.15) is 6.42 Å². The number of carbonyl (C=O) groups excluding carboxylic acids is 1. The predicted molar refractivity (Wildman–Crippen MR) is 70.1 cm³/mol. The average Bonchev–Trinajstić information content (AvgIpc) is 2.71. The van der Waals surface area contributed by atoms with Gasteiger partial charge in [0, 0.05) is 44.4 Å². The van der Waals surface area contributed by atoms with Crippen molar-refractivity contribution in [2.24, 2.45) is 5.92 Å². The smallest absolute Gasteiger partial charge is 0.228 e. The molecule has 1 aliphatic heterocycles. The van der Waals surface area contributed by atoms with E-state index in [-0.39, 0.29) is 11.8 Å². The fraction of sp³-hybridized carbons (Fsp3) is 0.357. The number of nitrogens with zero attached hydrogens (tertiary/aromatic N) is 2. The largest absolute Gasteiger partial charge is 0.378 e. The molecule has 2 rings (SSSR count). The molecule has 1 aromatic carbocycles. The van der Waals surface area contributed by atoms with Gasteiger partial charge in [0.05, 0.1) is 0 Å². The van der Waals surface area contributed by atoms with Gasteiger partial charge >= 0.3 is 0 Å². The number of benzene rings is 1. The van der Waals surface area contributed by atoms with Gasteiger partial charge in [0.25, 0.3) is 0 Å². The Hall–Kier alpha value is -1.95. The molecule has 1 amide bonds. The zero-order valence-electron chi connectivity index (χ0n) is 10.2. The molecule has 1 aliphatic rings. The fourth-order valence-corrected chi connectivity index (χ4v) is 2.00. The van der Waals surface area contributed by atoms with Gasteiger partial charge in [-0.1, -0.05) is 0 Å². The first-order valence-corrected chi connectivity index (χ1v) is 5.65. The lowest BCUT2D eigenvalue weighted by atomic mass is 10.1. The normalized spacial score (nSPS) is 19.2. The molecular weight excluding hydrogens is 212 g/mol. The molecular formula is C14H16N2O. The van der Waals surface area contributed by atoms with Gasteiger partial charge in [-0.05, 0) is 24.3 Å². The lowest BCUT2D eigenvalue weighted by molar-refractivity contribution is -0.117. The van der Waals surface area contributed by atoms with E-state index in [1.165, 1.54) is 0 Å². The Kier molecular flexibility index (Phi) is 3.06. The predicted octanol–water partition coefficient (Wildman–Crippen LogP) is 1.74. The van der Waals surface area contributed by atoms with Crippen LogP contribution in [0.3, 0.4) is 0 Å². The van der Waals surface area contributed by atoms with Crippen molar-refractivity contribution < 1.29 is 4.79 Å². The van der Waals surface area contributed by atoms with E-state index in [9.17, 15) is 4.79 Å². The summed E-state index contributed by atoms with van der Waals surface area (Å²) in [5.41, 5.74) is 2.05. The minimum Gasteiger partial charge on any atom is -0.378 e. The highest BCUT2D eigenvalue weighted by Crippen LogP contribution is 2.26. The summed E-state index contributed by atoms with van der Waals surface area (Å²) in [6, 6.07) is 7.94. The quantitative estimate of drug-likeness (QED) is 0.720. The fourth-order valence-electron chi connectivity index (χ4n) is 2.00. The number of anilines is 2. The van der Waals surface area contributed by atoms with Crippen molar-refractivity contribution in [2.75, 3.05) is 30.4 Å². The van der Waals surface area contributed by atoms with Crippen molar-refractivity contribution in [2.45, 2.75) is 6.42 Å². The molecule has 1 aromatic rings. The minimum absolute atomic E-state index is 0.0519. The van der Waals surface area contributed by atoms with Crippen molar-refractivity contribution in [3.05, 3.63) is 24.3 Å². The van der Waals surface area contributed by atoms with Crippen molar-refractivity contribution in [3.8, 4) is 12.3 Å². The molecule has 1 heterocycles. The molecule has 17 heavy (non-hydrogen) atoms. The summed E-state index contributed by atoms with van der Waals surface area (Å²) >= 11 is 0. The van der Waals surface area contributed by atoms with Gasteiger partial charge < -0.3 is 9.80 Å². The van der Waals surface area contributed by atoms with E-state index in [4.69, 9.17) is 6.42 Å². The number of hydrogen-bond acceptors (Lipinski definition) is 2. The van der Waals surface area contributed by atoms with Crippen LogP contribution < -0.4 is 9.80 Å². The van der Waals surface area contributed by atoms with Crippen LogP contribution in [-0.4, -0.2) is 26.5 Å². The number of rotatable bonds is 2. The van der Waals surface area contributed by atoms with E-state index in [1.54, 1.807) is 4.90 Å². The summed E-state index contributed by atoms with van der Waals surface area (Å²) in [5.74, 6) is 2.82. The molecule has 1 atom stereocenters. The number of terminal acetylenes is 1. The van der Waals surface area contributed by atoms with Gasteiger partial charge in [0.2, 0.25) is 5.91 Å². The number of hydrogen-bond donors (Lipinski definition) is 0. The van der Waals surface area contributed by atoms with Crippen LogP contribution in [0.4, 0.5) is 11.4 Å². The highest BCUT2D eigenvalue weighted by molar-refractivity contribution is 5.96. The summed E-state index contributed by atoms with van der Waals surface area (Å²) in [5, 5.41) is 0. The first-order valence-electron chi connectivity index (χ1n) is 5.65. The second kappa shape index (κ2) is 4.50. The van der Waals surface area contributed by atoms with Crippen LogP contribution in [0.2, 0.25) is 0 Å². The molecule has 3 nitrogen and oxygen atoms in total. The monoisotopic (exact) mass is 228 g/mol. The summed E-state index contributed by atoms with van der Waals surface area (Å²) < 4.78 is 0. The van der Waals surface area contributed by atoms with E-state index in [0.717, 1.165) is 11.4 Å². The molecule has 1 fully saturated rings. The lowest BCUT2D eigenvalue weighted by Crippen LogP contribution is -2.24. The third-order valence-corrected chi connectivity index (χ3v) is 3.04. The number of amides is 1. The van der Waals surface area contributed by atoms with Gasteiger partial charge in [-0.15, -0.1) is 12.3 Å². The maximum absolute atomic E-state index is 11.8. The second-order valence-electron chi connectivity index (χ2n) is 4.48. The summed E-state index contributed by atoms with van der Waals surface area (Å²) in [6.45, 7) is 0.636. The van der Waals surface area contributed by atoms with Crippen molar-refractivity contribution >= 4 is 17.3 Å². The first-order chi connectivity index (χ1) is 8.11. The lowest BCUT2D eigenvalue weighted by Gasteiger charge is -2.18. The Balaban J connectivity index is 2.18. The third kappa shape index (κ3) is 2.26. The summed E-state index contributed by atoms with van der Waals surface area (Å²) in [6.07, 6.45) is 5.83. The van der Waals surface area contributed by atoms with E-state index < -0.39 is 0 Å². The SMILES string of the molecule is C#CC1CC(=O)N(c2ccc(N(C)C)cc2)C1. The second-order valence-corrected chi connectivity index (χ2v) is 4.48. The van der Waals surface area contributed by atoms with Crippen LogP contribution >= 0.6 is 0 Å². The van der Waals surface area contributed by atoms with E-state index in [2.05, 4.69) is 5.92 Å². The highest BCUT2D eigenvalue weighted by Gasteiger charge is 2.29. The van der Waals surface area contributed by atoms with E-state index in [1.807, 2.05) is 43.3 Å². The molecule has 0 N–H and O–H groups in total. The zero-order chi connectivity index (χ0) is 12.4. The van der Waals surface area contributed by atoms with E-state index in [0.29, 0.717) is 13.0 Å². The molecule has 0 aliphatic carbocycles. The molecule has 1 unspecified atom stereocenters. The topological polar surface area (TPSA) is 23.6 Å². The zero-order valence-corrected chi connectivity index (χ0v) is 10.2. The maximum atomic E-state index is 11.8. The summed E-state index contributed by atoms with van der Waals surface area (Å²) in [7, 11) is 3.98. The number of carbonyl (C=O) groups is 1. The van der Waals surface area contributed by atoms with Crippen molar-refractivity contribution in [3.63, 3.8) is 0 Å². The van der Waals surface area contributed by atoms with Crippen LogP contribution in [0.5, 0.6) is 0 Å². The van der Waals surface area contributed by atoms with Gasteiger partial charge in [0.1, 0.15) is 0 Å². The average molecular weight is 228 g/mol. The van der Waals surface area contributed by atoms with Crippen molar-refractivity contribution in [1.82, 2.24) is 0 Å². The van der Waals surface area contributed by atoms with E-state index >= 15 is 0 Å². The first kappa shape index (κ1) is 11.5. The molecule has 0 radical (unpaired) electrons. The van der Waals surface area contributed by atoms with Gasteiger partial charge in [-0.3, -0.25) is 4.79 Å². The molecule has 0 saturated carbocycles. The Morgan fingerprint density at radius 1 is 1.35 bits per heavy atom. The molecule has 0 bridgehead atoms. The molecule has 0 aromatic heterocycles. The maximum Gasteiger partial charge on any atom is 0.228 e. The molecule has 88 valence electrons. The third-order valence-electron chi connectivity index (χ3n) is 3.04. The Morgan fingerprint density at radius 2 is 2.00 bits per heavy atom. The standard InChI is InChI=1S/C14H16N2O/c1-4-11-9-14(17)16(10-11)13-7-5-12(6-8-13)15(2)3/h1,5-8,11H,9-10H2,2-3H3. The highest BCUT2D eigenvalue weighted by atomic mass is 16.2. The Bertz CT molecular complexity index is 456. The van der Waals surface area contributed by atoms with Gasteiger partial charge in [0.15, 0.2) is 0 Å². The van der Waals surface area contributed by atoms with Crippen molar-refractivity contribution in [1.29, 1.82) is 0 Å². The summed E-state index contributed by atoms with van der Waals surface area (Å²) in [4.78, 5) is 15.6. The van der Waals surface area contributed by atoms with Crippen LogP contribution in [0, 0.1) is 18.3 Å². The minimum atomic E-state index is 0.0519. The van der Waals surface area contributed by atoms with Crippen LogP contribution in [0.15, 0.2) is 24.3 Å².